The predicted octanol–water partition coefficient (Wildman–Crippen LogP) is 4.67. The molecule has 0 spiro atoms. The third-order valence-electron chi connectivity index (χ3n) is 3.60. The molecule has 1 saturated carbocycles. The summed E-state index contributed by atoms with van der Waals surface area (Å²) < 4.78 is 0.958. The summed E-state index contributed by atoms with van der Waals surface area (Å²) in [5, 5.41) is 3.00. The van der Waals surface area contributed by atoms with Crippen molar-refractivity contribution in [2.75, 3.05) is 5.32 Å². The van der Waals surface area contributed by atoms with Crippen LogP contribution in [0.2, 0.25) is 0 Å². The highest BCUT2D eigenvalue weighted by Crippen LogP contribution is 2.28. The third-order valence-corrected chi connectivity index (χ3v) is 4.25. The Labute approximate surface area is 117 Å². The van der Waals surface area contributed by atoms with Gasteiger partial charge >= 0.3 is 0 Å². The Hall–Kier alpha value is -0.830. The van der Waals surface area contributed by atoms with Crippen LogP contribution < -0.4 is 5.32 Å². The number of carbonyl (C=O) groups is 1. The Bertz CT molecular complexity index is 425. The highest BCUT2D eigenvalue weighted by Gasteiger charge is 2.17. The highest BCUT2D eigenvalue weighted by atomic mass is 79.9. The number of hydrogen-bond acceptors (Lipinski definition) is 1. The second-order valence-corrected chi connectivity index (χ2v) is 6.09. The van der Waals surface area contributed by atoms with Crippen molar-refractivity contribution in [2.45, 2.75) is 45.4 Å². The van der Waals surface area contributed by atoms with Crippen molar-refractivity contribution in [1.82, 2.24) is 0 Å². The van der Waals surface area contributed by atoms with Crippen LogP contribution in [-0.4, -0.2) is 5.91 Å². The van der Waals surface area contributed by atoms with E-state index >= 15 is 0 Å². The molecule has 1 aromatic carbocycles. The fraction of sp³-hybridized carbons (Fsp3) is 0.533. The average Bonchev–Trinajstić information content (AvgIpc) is 2.34. The number of amides is 1. The maximum Gasteiger partial charge on any atom is 0.224 e. The zero-order valence-electron chi connectivity index (χ0n) is 10.8. The normalized spacial score (nSPS) is 16.6. The summed E-state index contributed by atoms with van der Waals surface area (Å²) in [6, 6.07) is 6.00. The molecule has 2 rings (SSSR count). The Balaban J connectivity index is 1.90. The maximum atomic E-state index is 12.0. The quantitative estimate of drug-likeness (QED) is 0.864. The van der Waals surface area contributed by atoms with E-state index in [2.05, 4.69) is 21.2 Å². The summed E-state index contributed by atoms with van der Waals surface area (Å²) in [5.74, 6) is 0.731. The molecule has 18 heavy (non-hydrogen) atoms. The number of benzene rings is 1. The number of anilines is 1. The van der Waals surface area contributed by atoms with Gasteiger partial charge in [0.15, 0.2) is 0 Å². The first-order valence-corrected chi connectivity index (χ1v) is 7.50. The van der Waals surface area contributed by atoms with E-state index in [0.29, 0.717) is 12.3 Å². The zero-order valence-corrected chi connectivity index (χ0v) is 12.4. The van der Waals surface area contributed by atoms with Crippen LogP contribution >= 0.6 is 15.9 Å². The minimum Gasteiger partial charge on any atom is -0.325 e. The standard InChI is InChI=1S/C15H20BrNO/c1-11-7-8-14(13(16)9-11)17-15(18)10-12-5-3-2-4-6-12/h7-9,12H,2-6,10H2,1H3,(H,17,18). The van der Waals surface area contributed by atoms with Crippen molar-refractivity contribution in [1.29, 1.82) is 0 Å². The largest absolute Gasteiger partial charge is 0.325 e. The van der Waals surface area contributed by atoms with E-state index in [1.807, 2.05) is 25.1 Å². The number of halogens is 1. The summed E-state index contributed by atoms with van der Waals surface area (Å²) in [7, 11) is 0. The molecule has 1 aliphatic rings. The van der Waals surface area contributed by atoms with Crippen molar-refractivity contribution in [3.05, 3.63) is 28.2 Å². The molecule has 98 valence electrons. The summed E-state index contributed by atoms with van der Waals surface area (Å²) in [6.45, 7) is 2.04. The van der Waals surface area contributed by atoms with Crippen molar-refractivity contribution in [3.63, 3.8) is 0 Å². The van der Waals surface area contributed by atoms with Crippen molar-refractivity contribution in [2.24, 2.45) is 5.92 Å². The van der Waals surface area contributed by atoms with Gasteiger partial charge in [0.2, 0.25) is 5.91 Å². The molecule has 1 amide bonds. The van der Waals surface area contributed by atoms with Gasteiger partial charge in [-0.1, -0.05) is 25.3 Å². The van der Waals surface area contributed by atoms with Gasteiger partial charge in [-0.15, -0.1) is 0 Å². The van der Waals surface area contributed by atoms with Gasteiger partial charge in [-0.25, -0.2) is 0 Å². The molecule has 3 heteroatoms. The molecular weight excluding hydrogens is 290 g/mol. The van der Waals surface area contributed by atoms with Crippen LogP contribution in [0.3, 0.4) is 0 Å². The molecule has 0 radical (unpaired) electrons. The van der Waals surface area contributed by atoms with E-state index in [1.165, 1.54) is 37.7 Å². The number of nitrogens with one attached hydrogen (secondary N) is 1. The second kappa shape index (κ2) is 6.37. The molecular formula is C15H20BrNO. The van der Waals surface area contributed by atoms with Crippen LogP contribution in [0.25, 0.3) is 0 Å². The zero-order chi connectivity index (χ0) is 13.0. The molecule has 0 unspecified atom stereocenters. The third kappa shape index (κ3) is 3.84. The SMILES string of the molecule is Cc1ccc(NC(=O)CC2CCCCC2)c(Br)c1. The first-order valence-electron chi connectivity index (χ1n) is 6.71. The first-order chi connectivity index (χ1) is 8.65. The van der Waals surface area contributed by atoms with Gasteiger partial charge in [-0.2, -0.15) is 0 Å². The van der Waals surface area contributed by atoms with Gasteiger partial charge in [0.25, 0.3) is 0 Å². The number of rotatable bonds is 3. The van der Waals surface area contributed by atoms with Crippen molar-refractivity contribution >= 4 is 27.5 Å². The number of aryl methyl sites for hydroxylation is 1. The molecule has 0 bridgehead atoms. The molecule has 1 aromatic rings. The lowest BCUT2D eigenvalue weighted by molar-refractivity contribution is -0.117. The molecule has 1 N–H and O–H groups in total. The molecule has 2 nitrogen and oxygen atoms in total. The second-order valence-electron chi connectivity index (χ2n) is 5.24. The van der Waals surface area contributed by atoms with E-state index in [1.54, 1.807) is 0 Å². The predicted molar refractivity (Wildman–Crippen MR) is 78.7 cm³/mol. The smallest absolute Gasteiger partial charge is 0.224 e. The van der Waals surface area contributed by atoms with Crippen LogP contribution in [-0.2, 0) is 4.79 Å². The van der Waals surface area contributed by atoms with Crippen LogP contribution in [0.1, 0.15) is 44.1 Å². The van der Waals surface area contributed by atoms with E-state index in [0.717, 1.165) is 10.2 Å². The molecule has 0 saturated heterocycles. The summed E-state index contributed by atoms with van der Waals surface area (Å²) in [5.41, 5.74) is 2.06. The Morgan fingerprint density at radius 2 is 2.06 bits per heavy atom. The molecule has 1 aliphatic carbocycles. The van der Waals surface area contributed by atoms with Crippen LogP contribution in [0, 0.1) is 12.8 Å². The van der Waals surface area contributed by atoms with E-state index in [4.69, 9.17) is 0 Å². The van der Waals surface area contributed by atoms with Gasteiger partial charge in [-0.05, 0) is 59.3 Å². The van der Waals surface area contributed by atoms with E-state index in [-0.39, 0.29) is 5.91 Å². The van der Waals surface area contributed by atoms with Gasteiger partial charge in [0.1, 0.15) is 0 Å². The first kappa shape index (κ1) is 13.6. The lowest BCUT2D eigenvalue weighted by Crippen LogP contribution is -2.18. The summed E-state index contributed by atoms with van der Waals surface area (Å²) >= 11 is 3.49. The van der Waals surface area contributed by atoms with E-state index in [9.17, 15) is 4.79 Å². The number of hydrogen-bond donors (Lipinski definition) is 1. The van der Waals surface area contributed by atoms with Crippen LogP contribution in [0.15, 0.2) is 22.7 Å². The van der Waals surface area contributed by atoms with Gasteiger partial charge in [0, 0.05) is 10.9 Å². The lowest BCUT2D eigenvalue weighted by atomic mass is 9.87. The van der Waals surface area contributed by atoms with Gasteiger partial charge < -0.3 is 5.32 Å². The highest BCUT2D eigenvalue weighted by molar-refractivity contribution is 9.10. The number of carbonyl (C=O) groups excluding carboxylic acids is 1. The Morgan fingerprint density at radius 3 is 2.72 bits per heavy atom. The average molecular weight is 310 g/mol. The monoisotopic (exact) mass is 309 g/mol. The van der Waals surface area contributed by atoms with Crippen LogP contribution in [0.4, 0.5) is 5.69 Å². The maximum absolute atomic E-state index is 12.0. The minimum atomic E-state index is 0.145. The summed E-state index contributed by atoms with van der Waals surface area (Å²) in [4.78, 5) is 12.0. The Morgan fingerprint density at radius 1 is 1.33 bits per heavy atom. The Kier molecular flexibility index (Phi) is 4.81. The van der Waals surface area contributed by atoms with Crippen molar-refractivity contribution in [3.8, 4) is 0 Å². The molecule has 0 aromatic heterocycles. The fourth-order valence-electron chi connectivity index (χ4n) is 2.58. The topological polar surface area (TPSA) is 29.1 Å². The fourth-order valence-corrected chi connectivity index (χ4v) is 3.17. The summed E-state index contributed by atoms with van der Waals surface area (Å²) in [6.07, 6.45) is 6.99. The van der Waals surface area contributed by atoms with Crippen molar-refractivity contribution < 1.29 is 4.79 Å². The molecule has 1 fully saturated rings. The molecule has 0 aliphatic heterocycles. The van der Waals surface area contributed by atoms with E-state index < -0.39 is 0 Å². The molecule has 0 heterocycles. The lowest BCUT2D eigenvalue weighted by Gasteiger charge is -2.21. The van der Waals surface area contributed by atoms with Crippen LogP contribution in [0.5, 0.6) is 0 Å². The molecule has 0 atom stereocenters. The van der Waals surface area contributed by atoms with Gasteiger partial charge in [-0.3, -0.25) is 4.79 Å². The van der Waals surface area contributed by atoms with Gasteiger partial charge in [0.05, 0.1) is 5.69 Å². The minimum absolute atomic E-state index is 0.145.